The van der Waals surface area contributed by atoms with Crippen molar-refractivity contribution in [1.29, 1.82) is 0 Å². The minimum Gasteiger partial charge on any atom is -0.507 e. The van der Waals surface area contributed by atoms with Crippen LogP contribution in [0.1, 0.15) is 22.7 Å². The summed E-state index contributed by atoms with van der Waals surface area (Å²) in [6.45, 7) is 5.69. The Morgan fingerprint density at radius 2 is 2.00 bits per heavy atom. The van der Waals surface area contributed by atoms with Gasteiger partial charge in [-0.05, 0) is 42.3 Å². The second-order valence-corrected chi connectivity index (χ2v) is 7.91. The van der Waals surface area contributed by atoms with Crippen molar-refractivity contribution in [3.8, 4) is 5.75 Å². The fraction of sp³-hybridized carbons (Fsp3) is 0.375. The second kappa shape index (κ2) is 9.50. The van der Waals surface area contributed by atoms with Crippen molar-refractivity contribution in [1.82, 2.24) is 14.8 Å². The highest BCUT2D eigenvalue weighted by molar-refractivity contribution is 6.46. The third kappa shape index (κ3) is 4.24. The number of rotatable bonds is 6. The zero-order chi connectivity index (χ0) is 22.7. The fourth-order valence-electron chi connectivity index (χ4n) is 4.24. The molecular formula is C24H27N3O5. The van der Waals surface area contributed by atoms with Gasteiger partial charge in [0.1, 0.15) is 11.5 Å². The topological polar surface area (TPSA) is 92.2 Å². The molecule has 2 aromatic rings. The molecule has 1 unspecified atom stereocenters. The van der Waals surface area contributed by atoms with Crippen molar-refractivity contribution < 1.29 is 24.2 Å². The number of aliphatic hydroxyl groups excluding tert-OH is 1. The maximum absolute atomic E-state index is 13.1. The van der Waals surface area contributed by atoms with Gasteiger partial charge in [-0.25, -0.2) is 0 Å². The molecule has 168 valence electrons. The van der Waals surface area contributed by atoms with E-state index in [1.54, 1.807) is 48.7 Å². The lowest BCUT2D eigenvalue weighted by molar-refractivity contribution is -0.140. The zero-order valence-electron chi connectivity index (χ0n) is 18.3. The summed E-state index contributed by atoms with van der Waals surface area (Å²) < 4.78 is 10.6. The molecule has 0 saturated carbocycles. The van der Waals surface area contributed by atoms with E-state index in [-0.39, 0.29) is 11.3 Å². The number of likely N-dealkylation sites (tertiary alicyclic amines) is 1. The molecule has 32 heavy (non-hydrogen) atoms. The zero-order valence-corrected chi connectivity index (χ0v) is 18.3. The number of nitrogens with zero attached hydrogens (tertiary/aromatic N) is 3. The first-order chi connectivity index (χ1) is 15.5. The van der Waals surface area contributed by atoms with Gasteiger partial charge >= 0.3 is 0 Å². The maximum Gasteiger partial charge on any atom is 0.295 e. The maximum atomic E-state index is 13.1. The van der Waals surface area contributed by atoms with Crippen LogP contribution in [0.15, 0.2) is 48.3 Å². The number of aromatic nitrogens is 1. The lowest BCUT2D eigenvalue weighted by atomic mass is 9.94. The van der Waals surface area contributed by atoms with Gasteiger partial charge in [-0.2, -0.15) is 0 Å². The first-order valence-electron chi connectivity index (χ1n) is 10.6. The van der Waals surface area contributed by atoms with E-state index in [0.717, 1.165) is 18.7 Å². The van der Waals surface area contributed by atoms with Gasteiger partial charge in [0.15, 0.2) is 0 Å². The minimum absolute atomic E-state index is 0.0817. The van der Waals surface area contributed by atoms with Crippen LogP contribution in [0.5, 0.6) is 5.75 Å². The van der Waals surface area contributed by atoms with Crippen LogP contribution in [0.4, 0.5) is 0 Å². The monoisotopic (exact) mass is 437 g/mol. The number of aryl methyl sites for hydroxylation is 1. The molecule has 1 amide bonds. The third-order valence-electron chi connectivity index (χ3n) is 5.99. The predicted octanol–water partition coefficient (Wildman–Crippen LogP) is 2.15. The summed E-state index contributed by atoms with van der Waals surface area (Å²) in [5, 5.41) is 11.2. The number of ether oxygens (including phenoxy) is 2. The standard InChI is InChI=1S/C24H27N3O5/c1-16-14-18(31-2)5-6-19(16)22(28)20-21(17-4-3-7-25-15-17)27(24(30)23(20)29)9-8-26-10-12-32-13-11-26/h3-7,14-15,21,28H,8-13H2,1-2H3/b22-20+. The largest absolute Gasteiger partial charge is 0.507 e. The Kier molecular flexibility index (Phi) is 6.53. The highest BCUT2D eigenvalue weighted by atomic mass is 16.5. The molecule has 8 heteroatoms. The number of carbonyl (C=O) groups excluding carboxylic acids is 2. The van der Waals surface area contributed by atoms with E-state index in [0.29, 0.717) is 43.2 Å². The Morgan fingerprint density at radius 3 is 2.66 bits per heavy atom. The number of hydrogen-bond donors (Lipinski definition) is 1. The molecule has 8 nitrogen and oxygen atoms in total. The highest BCUT2D eigenvalue weighted by Gasteiger charge is 2.46. The van der Waals surface area contributed by atoms with Crippen molar-refractivity contribution in [2.75, 3.05) is 46.5 Å². The average molecular weight is 437 g/mol. The lowest BCUT2D eigenvalue weighted by Crippen LogP contribution is -2.42. The molecule has 2 aliphatic rings. The Morgan fingerprint density at radius 1 is 1.22 bits per heavy atom. The van der Waals surface area contributed by atoms with E-state index in [9.17, 15) is 14.7 Å². The van der Waals surface area contributed by atoms with E-state index in [2.05, 4.69) is 9.88 Å². The summed E-state index contributed by atoms with van der Waals surface area (Å²) in [7, 11) is 1.57. The van der Waals surface area contributed by atoms with E-state index >= 15 is 0 Å². The van der Waals surface area contributed by atoms with Crippen molar-refractivity contribution in [2.24, 2.45) is 0 Å². The van der Waals surface area contributed by atoms with E-state index in [1.165, 1.54) is 0 Å². The molecule has 0 spiro atoms. The van der Waals surface area contributed by atoms with Crippen LogP contribution in [0.25, 0.3) is 5.76 Å². The number of benzene rings is 1. The van der Waals surface area contributed by atoms with Gasteiger partial charge in [-0.3, -0.25) is 19.5 Å². The summed E-state index contributed by atoms with van der Waals surface area (Å²) in [5.74, 6) is -0.839. The first kappa shape index (κ1) is 22.0. The van der Waals surface area contributed by atoms with Crippen molar-refractivity contribution in [3.05, 3.63) is 65.0 Å². The first-order valence-corrected chi connectivity index (χ1v) is 10.6. The molecule has 1 aromatic heterocycles. The van der Waals surface area contributed by atoms with E-state index < -0.39 is 17.7 Å². The lowest BCUT2D eigenvalue weighted by Gasteiger charge is -2.30. The summed E-state index contributed by atoms with van der Waals surface area (Å²) in [6.07, 6.45) is 3.27. The molecule has 1 N–H and O–H groups in total. The molecule has 1 aromatic carbocycles. The van der Waals surface area contributed by atoms with Gasteiger partial charge in [0.25, 0.3) is 11.7 Å². The highest BCUT2D eigenvalue weighted by Crippen LogP contribution is 2.39. The number of Topliss-reactive ketones (excluding diaryl/α,β-unsaturated/α-hetero) is 1. The predicted molar refractivity (Wildman–Crippen MR) is 118 cm³/mol. The Bertz CT molecular complexity index is 1030. The molecule has 0 aliphatic carbocycles. The van der Waals surface area contributed by atoms with E-state index in [1.807, 2.05) is 13.0 Å². The van der Waals surface area contributed by atoms with E-state index in [4.69, 9.17) is 9.47 Å². The molecule has 1 atom stereocenters. The molecule has 0 radical (unpaired) electrons. The van der Waals surface area contributed by atoms with Gasteiger partial charge in [0, 0.05) is 44.1 Å². The number of methoxy groups -OCH3 is 1. The molecule has 2 fully saturated rings. The van der Waals surface area contributed by atoms with Crippen molar-refractivity contribution in [3.63, 3.8) is 0 Å². The number of ketones is 1. The van der Waals surface area contributed by atoms with Crippen molar-refractivity contribution >= 4 is 17.4 Å². The van der Waals surface area contributed by atoms with Gasteiger partial charge < -0.3 is 19.5 Å². The molecule has 0 bridgehead atoms. The third-order valence-corrected chi connectivity index (χ3v) is 5.99. The van der Waals surface area contributed by atoms with Gasteiger partial charge in [0.05, 0.1) is 31.9 Å². The van der Waals surface area contributed by atoms with Gasteiger partial charge in [0.2, 0.25) is 0 Å². The van der Waals surface area contributed by atoms with Gasteiger partial charge in [-0.1, -0.05) is 6.07 Å². The summed E-state index contributed by atoms with van der Waals surface area (Å²) in [6, 6.07) is 8.07. The van der Waals surface area contributed by atoms with Crippen LogP contribution in [0.3, 0.4) is 0 Å². The fourth-order valence-corrected chi connectivity index (χ4v) is 4.24. The van der Waals surface area contributed by atoms with Gasteiger partial charge in [-0.15, -0.1) is 0 Å². The Balaban J connectivity index is 1.73. The molecule has 3 heterocycles. The summed E-state index contributed by atoms with van der Waals surface area (Å²) in [5.41, 5.74) is 2.00. The Labute approximate surface area is 187 Å². The number of pyridine rings is 1. The molecule has 4 rings (SSSR count). The normalized spacial score (nSPS) is 21.2. The van der Waals surface area contributed by atoms with Crippen LogP contribution in [0.2, 0.25) is 0 Å². The SMILES string of the molecule is COc1ccc(/C(O)=C2\C(=O)C(=O)N(CCN3CCOCC3)C2c2cccnc2)c(C)c1. The van der Waals surface area contributed by atoms with Crippen LogP contribution in [-0.2, 0) is 14.3 Å². The molecular weight excluding hydrogens is 410 g/mol. The van der Waals surface area contributed by atoms with Crippen LogP contribution in [0, 0.1) is 6.92 Å². The van der Waals surface area contributed by atoms with Crippen LogP contribution < -0.4 is 4.74 Å². The number of morpholine rings is 1. The number of hydrogen-bond acceptors (Lipinski definition) is 7. The number of carbonyl (C=O) groups is 2. The minimum atomic E-state index is -0.703. The second-order valence-electron chi connectivity index (χ2n) is 7.91. The number of aliphatic hydroxyl groups is 1. The van der Waals surface area contributed by atoms with Crippen LogP contribution in [-0.4, -0.2) is 78.1 Å². The smallest absolute Gasteiger partial charge is 0.295 e. The molecule has 2 aliphatic heterocycles. The summed E-state index contributed by atoms with van der Waals surface area (Å²) in [4.78, 5) is 34.1. The Hall–Kier alpha value is -3.23. The molecule has 2 saturated heterocycles. The van der Waals surface area contributed by atoms with Crippen LogP contribution >= 0.6 is 0 Å². The summed E-state index contributed by atoms with van der Waals surface area (Å²) >= 11 is 0. The quantitative estimate of drug-likeness (QED) is 0.421. The number of amides is 1. The van der Waals surface area contributed by atoms with Crippen molar-refractivity contribution in [2.45, 2.75) is 13.0 Å². The average Bonchev–Trinajstić information content (AvgIpc) is 3.08.